The highest BCUT2D eigenvalue weighted by atomic mass is 35.5. The number of benzene rings is 2. The van der Waals surface area contributed by atoms with E-state index in [1.165, 1.54) is 4.31 Å². The molecule has 0 spiro atoms. The maximum absolute atomic E-state index is 13.5. The summed E-state index contributed by atoms with van der Waals surface area (Å²) in [4.78, 5) is 28.2. The van der Waals surface area contributed by atoms with E-state index in [4.69, 9.17) is 16.3 Å². The molecule has 0 aliphatic carbocycles. The van der Waals surface area contributed by atoms with E-state index in [2.05, 4.69) is 5.32 Å². The molecule has 0 bridgehead atoms. The zero-order valence-corrected chi connectivity index (χ0v) is 24.5. The molecule has 0 aliphatic heterocycles. The largest absolute Gasteiger partial charge is 0.494 e. The SMILES string of the molecule is CCOc1ccc(N(CCCC(=O)N(Cc2ccccc2Cl)[C@H](CC)C(=O)N[C@H](C)CC)S(C)(=O)=O)cc1. The van der Waals surface area contributed by atoms with Gasteiger partial charge >= 0.3 is 0 Å². The third-order valence-electron chi connectivity index (χ3n) is 6.27. The van der Waals surface area contributed by atoms with Crippen LogP contribution in [0.25, 0.3) is 0 Å². The number of amides is 2. The molecule has 2 aromatic rings. The molecule has 0 heterocycles. The van der Waals surface area contributed by atoms with E-state index in [1.807, 2.05) is 45.9 Å². The minimum atomic E-state index is -3.58. The van der Waals surface area contributed by atoms with Crippen LogP contribution in [-0.4, -0.2) is 56.6 Å². The predicted molar refractivity (Wildman–Crippen MR) is 153 cm³/mol. The fraction of sp³-hybridized carbons (Fsp3) is 0.500. The number of nitrogens with one attached hydrogen (secondary N) is 1. The van der Waals surface area contributed by atoms with Gasteiger partial charge in [0, 0.05) is 30.6 Å². The van der Waals surface area contributed by atoms with Gasteiger partial charge < -0.3 is 15.0 Å². The van der Waals surface area contributed by atoms with Gasteiger partial charge in [-0.05, 0) is 69.0 Å². The van der Waals surface area contributed by atoms with Gasteiger partial charge in [-0.15, -0.1) is 0 Å². The van der Waals surface area contributed by atoms with E-state index in [1.54, 1.807) is 35.2 Å². The maximum Gasteiger partial charge on any atom is 0.243 e. The van der Waals surface area contributed by atoms with E-state index in [9.17, 15) is 18.0 Å². The number of sulfonamides is 1. The number of hydrogen-bond donors (Lipinski definition) is 1. The first-order valence-electron chi connectivity index (χ1n) is 13.1. The summed E-state index contributed by atoms with van der Waals surface area (Å²) in [6.07, 6.45) is 2.69. The van der Waals surface area contributed by atoms with Gasteiger partial charge in [-0.25, -0.2) is 8.42 Å². The molecule has 0 aromatic heterocycles. The molecular weight excluding hydrogens is 526 g/mol. The number of anilines is 1. The van der Waals surface area contributed by atoms with Crippen LogP contribution in [0.15, 0.2) is 48.5 Å². The molecule has 0 radical (unpaired) electrons. The quantitative estimate of drug-likeness (QED) is 0.327. The second-order valence-electron chi connectivity index (χ2n) is 9.22. The minimum Gasteiger partial charge on any atom is -0.494 e. The average molecular weight is 566 g/mol. The molecule has 8 nitrogen and oxygen atoms in total. The van der Waals surface area contributed by atoms with Gasteiger partial charge in [0.15, 0.2) is 0 Å². The Morgan fingerprint density at radius 3 is 2.24 bits per heavy atom. The first kappa shape index (κ1) is 31.4. The van der Waals surface area contributed by atoms with E-state index in [-0.39, 0.29) is 43.8 Å². The maximum atomic E-state index is 13.5. The second kappa shape index (κ2) is 15.0. The van der Waals surface area contributed by atoms with Crippen LogP contribution in [0.3, 0.4) is 0 Å². The van der Waals surface area contributed by atoms with Crippen LogP contribution in [0.1, 0.15) is 58.9 Å². The van der Waals surface area contributed by atoms with E-state index >= 15 is 0 Å². The summed E-state index contributed by atoms with van der Waals surface area (Å²) in [6.45, 7) is 8.46. The Labute approximate surface area is 232 Å². The van der Waals surface area contributed by atoms with Crippen LogP contribution < -0.4 is 14.4 Å². The highest BCUT2D eigenvalue weighted by Gasteiger charge is 2.29. The molecule has 0 aliphatic rings. The van der Waals surface area contributed by atoms with Crippen molar-refractivity contribution < 1.29 is 22.7 Å². The second-order valence-corrected chi connectivity index (χ2v) is 11.5. The highest BCUT2D eigenvalue weighted by Crippen LogP contribution is 2.24. The van der Waals surface area contributed by atoms with Crippen LogP contribution in [0.2, 0.25) is 5.02 Å². The molecule has 2 rings (SSSR count). The number of nitrogens with zero attached hydrogens (tertiary/aromatic N) is 2. The molecule has 0 fully saturated rings. The molecular formula is C28H40ClN3O5S. The zero-order valence-electron chi connectivity index (χ0n) is 22.9. The monoisotopic (exact) mass is 565 g/mol. The van der Waals surface area contributed by atoms with Gasteiger partial charge in [-0.1, -0.05) is 43.6 Å². The Kier molecular flexibility index (Phi) is 12.4. The summed E-state index contributed by atoms with van der Waals surface area (Å²) in [6, 6.07) is 13.3. The van der Waals surface area contributed by atoms with Crippen LogP contribution >= 0.6 is 11.6 Å². The van der Waals surface area contributed by atoms with Crippen molar-refractivity contribution in [1.29, 1.82) is 0 Å². The zero-order chi connectivity index (χ0) is 28.3. The third-order valence-corrected chi connectivity index (χ3v) is 7.84. The topological polar surface area (TPSA) is 96.0 Å². The first-order valence-corrected chi connectivity index (χ1v) is 15.3. The normalized spacial score (nSPS) is 12.9. The molecule has 10 heteroatoms. The van der Waals surface area contributed by atoms with Crippen molar-refractivity contribution in [1.82, 2.24) is 10.2 Å². The lowest BCUT2D eigenvalue weighted by Crippen LogP contribution is -2.50. The number of carbonyl (C=O) groups is 2. The Balaban J connectivity index is 2.22. The van der Waals surface area contributed by atoms with Crippen molar-refractivity contribution in [2.24, 2.45) is 0 Å². The summed E-state index contributed by atoms with van der Waals surface area (Å²) in [5.74, 6) is 0.196. The van der Waals surface area contributed by atoms with Crippen molar-refractivity contribution >= 4 is 39.1 Å². The molecule has 2 atom stereocenters. The summed E-state index contributed by atoms with van der Waals surface area (Å²) in [7, 11) is -3.58. The van der Waals surface area contributed by atoms with Gasteiger partial charge in [-0.3, -0.25) is 13.9 Å². The number of halogens is 1. The van der Waals surface area contributed by atoms with Crippen molar-refractivity contribution in [3.05, 3.63) is 59.1 Å². The van der Waals surface area contributed by atoms with Crippen molar-refractivity contribution in [2.45, 2.75) is 72.0 Å². The van der Waals surface area contributed by atoms with Crippen LogP contribution in [0.4, 0.5) is 5.69 Å². The summed E-state index contributed by atoms with van der Waals surface area (Å²) >= 11 is 6.38. The van der Waals surface area contributed by atoms with Crippen molar-refractivity contribution in [3.8, 4) is 5.75 Å². The lowest BCUT2D eigenvalue weighted by atomic mass is 10.1. The summed E-state index contributed by atoms with van der Waals surface area (Å²) < 4.78 is 31.8. The molecule has 2 aromatic carbocycles. The lowest BCUT2D eigenvalue weighted by Gasteiger charge is -2.32. The molecule has 1 N–H and O–H groups in total. The van der Waals surface area contributed by atoms with Gasteiger partial charge in [-0.2, -0.15) is 0 Å². The Morgan fingerprint density at radius 2 is 1.68 bits per heavy atom. The van der Waals surface area contributed by atoms with Gasteiger partial charge in [0.05, 0.1) is 18.6 Å². The number of rotatable bonds is 15. The summed E-state index contributed by atoms with van der Waals surface area (Å²) in [5, 5.41) is 3.50. The smallest absolute Gasteiger partial charge is 0.243 e. The molecule has 38 heavy (non-hydrogen) atoms. The van der Waals surface area contributed by atoms with Crippen LogP contribution in [0.5, 0.6) is 5.75 Å². The Hall–Kier alpha value is -2.78. The Morgan fingerprint density at radius 1 is 1.03 bits per heavy atom. The predicted octanol–water partition coefficient (Wildman–Crippen LogP) is 5.01. The van der Waals surface area contributed by atoms with Crippen LogP contribution in [-0.2, 0) is 26.2 Å². The number of hydrogen-bond acceptors (Lipinski definition) is 5. The van der Waals surface area contributed by atoms with Crippen LogP contribution in [0, 0.1) is 0 Å². The standard InChI is InChI=1S/C28H40ClN3O5S/c1-6-21(4)30-28(34)26(7-2)31(20-22-12-9-10-13-25(22)29)27(33)14-11-19-32(38(5,35)36)23-15-17-24(18-16-23)37-8-3/h9-10,12-13,15-18,21,26H,6-8,11,14,19-20H2,1-5H3,(H,30,34)/t21-,26-/m1/s1. The highest BCUT2D eigenvalue weighted by molar-refractivity contribution is 7.92. The third kappa shape index (κ3) is 9.20. The minimum absolute atomic E-state index is 0.0220. The molecule has 2 amide bonds. The number of carbonyl (C=O) groups excluding carboxylic acids is 2. The molecule has 0 saturated heterocycles. The van der Waals surface area contributed by atoms with Crippen molar-refractivity contribution in [3.63, 3.8) is 0 Å². The van der Waals surface area contributed by atoms with Crippen molar-refractivity contribution in [2.75, 3.05) is 23.7 Å². The van der Waals surface area contributed by atoms with E-state index in [0.717, 1.165) is 18.2 Å². The summed E-state index contributed by atoms with van der Waals surface area (Å²) in [5.41, 5.74) is 1.24. The molecule has 210 valence electrons. The molecule has 0 saturated carbocycles. The van der Waals surface area contributed by atoms with E-state index in [0.29, 0.717) is 29.5 Å². The Bertz CT molecular complexity index is 1160. The fourth-order valence-corrected chi connectivity index (χ4v) is 5.21. The van der Waals surface area contributed by atoms with Gasteiger partial charge in [0.25, 0.3) is 0 Å². The van der Waals surface area contributed by atoms with Gasteiger partial charge in [0.1, 0.15) is 11.8 Å². The fourth-order valence-electron chi connectivity index (χ4n) is 4.05. The van der Waals surface area contributed by atoms with E-state index < -0.39 is 16.1 Å². The average Bonchev–Trinajstić information content (AvgIpc) is 2.87. The first-order chi connectivity index (χ1) is 18.0. The molecule has 0 unspecified atom stereocenters. The lowest BCUT2D eigenvalue weighted by molar-refractivity contribution is -0.141. The van der Waals surface area contributed by atoms with Gasteiger partial charge in [0.2, 0.25) is 21.8 Å². The number of ether oxygens (including phenoxy) is 1.